The molecule has 0 aliphatic heterocycles. The molecule has 0 bridgehead atoms. The topological polar surface area (TPSA) is 212 Å². The summed E-state index contributed by atoms with van der Waals surface area (Å²) in [5.74, 6) is 2.82. The largest absolute Gasteiger partial charge is 1.00 e. The van der Waals surface area contributed by atoms with Crippen LogP contribution in [-0.2, 0) is 9.68 Å². The van der Waals surface area contributed by atoms with E-state index in [0.29, 0.717) is 22.4 Å². The van der Waals surface area contributed by atoms with Crippen LogP contribution in [0.1, 0.15) is 113 Å². The fraction of sp³-hybridized carbons (Fsp3) is 0.568. The van der Waals surface area contributed by atoms with Crippen LogP contribution in [0.15, 0.2) is 41.0 Å². The Morgan fingerprint density at radius 2 is 1.13 bits per heavy atom. The maximum atomic E-state index is 8.64. The van der Waals surface area contributed by atoms with Crippen LogP contribution in [0.4, 0.5) is 5.82 Å². The van der Waals surface area contributed by atoms with Gasteiger partial charge in [0.15, 0.2) is 0 Å². The normalized spacial score (nSPS) is 20.5. The van der Waals surface area contributed by atoms with E-state index >= 15 is 0 Å². The van der Waals surface area contributed by atoms with Crippen molar-refractivity contribution >= 4 is 123 Å². The van der Waals surface area contributed by atoms with Crippen molar-refractivity contribution in [3.63, 3.8) is 0 Å². The minimum Gasteiger partial charge on any atom is -1.00 e. The van der Waals surface area contributed by atoms with Gasteiger partial charge in [0.25, 0.3) is 6.47 Å². The monoisotopic (exact) mass is 1110 g/mol. The molecule has 360 valence electrons. The van der Waals surface area contributed by atoms with Crippen LogP contribution >= 0.6 is 73.1 Å². The Kier molecular flexibility index (Phi) is 26.3. The number of nitrogens with two attached hydrogens (primary N) is 1. The summed E-state index contributed by atoms with van der Waals surface area (Å²) in [5.41, 5.74) is 5.78. The van der Waals surface area contributed by atoms with Crippen molar-refractivity contribution in [3.05, 3.63) is 61.0 Å². The van der Waals surface area contributed by atoms with Gasteiger partial charge in [-0.3, -0.25) is 4.79 Å². The van der Waals surface area contributed by atoms with E-state index in [0.717, 1.165) is 71.6 Å². The van der Waals surface area contributed by atoms with Crippen LogP contribution in [0.25, 0.3) is 30.6 Å². The first-order valence-electron chi connectivity index (χ1n) is 22.4. The minimum absolute atomic E-state index is 0. The average Bonchev–Trinajstić information content (AvgIpc) is 4.25. The zero-order valence-corrected chi connectivity index (χ0v) is 49.2. The molecule has 24 heteroatoms. The fourth-order valence-electron chi connectivity index (χ4n) is 7.71. The van der Waals surface area contributed by atoms with Gasteiger partial charge in [-0.1, -0.05) is 36.0 Å². The van der Waals surface area contributed by atoms with Gasteiger partial charge < -0.3 is 42.5 Å². The SMILES string of the molecule is CN(C)C1CCC(N)CC1.CN(C)C1CCC(Nc2ncnc3sc(C4CC4)cc23)CC1.Clc1ncnc2sc(Br)cc12.Clc1ncnc2sc(C3CC3)cc12.O=CO[O-].OB(O)C1CC1.[H-].[Na+].[Na+]. The number of anilines is 1. The number of carbonyl (C=O) groups is 1. The second-order valence-electron chi connectivity index (χ2n) is 17.7. The van der Waals surface area contributed by atoms with E-state index in [4.69, 9.17) is 49.0 Å². The number of aromatic nitrogens is 6. The first kappa shape index (κ1) is 59.8. The number of nitrogens with zero attached hydrogens (tertiary/aromatic N) is 8. The molecule has 11 rings (SSSR count). The second-order valence-corrected chi connectivity index (χ2v) is 22.9. The second kappa shape index (κ2) is 29.8. The molecule has 6 heterocycles. The van der Waals surface area contributed by atoms with Crippen LogP contribution in [0.3, 0.4) is 0 Å². The number of nitrogens with one attached hydrogen (secondary N) is 1. The molecule has 5 N–H and O–H groups in total. The summed E-state index contributed by atoms with van der Waals surface area (Å²) in [6.45, 7) is -0.181. The van der Waals surface area contributed by atoms with Crippen molar-refractivity contribution in [2.75, 3.05) is 33.5 Å². The molecule has 5 saturated carbocycles. The average molecular weight is 1110 g/mol. The van der Waals surface area contributed by atoms with Crippen molar-refractivity contribution in [1.82, 2.24) is 39.7 Å². The molecular formula is C44H60BBrCl2N10Na2O5S3. The Bertz CT molecular complexity index is 2440. The summed E-state index contributed by atoms with van der Waals surface area (Å²) >= 11 is 20.3. The van der Waals surface area contributed by atoms with Crippen molar-refractivity contribution in [3.8, 4) is 0 Å². The maximum absolute atomic E-state index is 8.64. The number of thiophene rings is 3. The van der Waals surface area contributed by atoms with Gasteiger partial charge in [0.05, 0.1) is 9.17 Å². The van der Waals surface area contributed by atoms with Gasteiger partial charge in [-0.2, -0.15) is 0 Å². The molecule has 0 unspecified atom stereocenters. The van der Waals surface area contributed by atoms with Crippen molar-refractivity contribution in [2.24, 2.45) is 5.73 Å². The molecule has 5 aliphatic rings. The van der Waals surface area contributed by atoms with Crippen molar-refractivity contribution in [1.29, 1.82) is 0 Å². The Morgan fingerprint density at radius 3 is 1.53 bits per heavy atom. The number of rotatable bonds is 8. The predicted octanol–water partition coefficient (Wildman–Crippen LogP) is 3.18. The fourth-order valence-corrected chi connectivity index (χ4v) is 12.0. The van der Waals surface area contributed by atoms with E-state index in [-0.39, 0.29) is 72.8 Å². The van der Waals surface area contributed by atoms with E-state index in [9.17, 15) is 0 Å². The molecule has 0 spiro atoms. The summed E-state index contributed by atoms with van der Waals surface area (Å²) in [7, 11) is 7.65. The Morgan fingerprint density at radius 1 is 0.706 bits per heavy atom. The molecule has 0 radical (unpaired) electrons. The third kappa shape index (κ3) is 19.0. The summed E-state index contributed by atoms with van der Waals surface area (Å²) in [6, 6.07) is 8.95. The van der Waals surface area contributed by atoms with E-state index in [1.807, 2.05) is 17.4 Å². The Balaban J connectivity index is 0.000000234. The van der Waals surface area contributed by atoms with Crippen LogP contribution < -0.4 is 75.4 Å². The third-order valence-electron chi connectivity index (χ3n) is 12.2. The number of hydrogen-bond donors (Lipinski definition) is 4. The molecule has 5 fully saturated rings. The van der Waals surface area contributed by atoms with Gasteiger partial charge in [0.2, 0.25) is 0 Å². The first-order valence-corrected chi connectivity index (χ1v) is 26.4. The molecule has 0 aromatic carbocycles. The zero-order chi connectivity index (χ0) is 47.3. The van der Waals surface area contributed by atoms with Crippen LogP contribution in [0, 0.1) is 0 Å². The van der Waals surface area contributed by atoms with E-state index in [1.54, 1.807) is 29.0 Å². The maximum Gasteiger partial charge on any atom is 1.00 e. The molecule has 5 aliphatic carbocycles. The number of fused-ring (bicyclic) bond motifs is 3. The van der Waals surface area contributed by atoms with E-state index < -0.39 is 7.12 Å². The standard InChI is InChI=1S/C17H24N4S.C9H7ClN2S.C8H18N2.C6H2BrClN2S.C3H7BO2.CH2O3.2Na.H/c1-21(2)13-7-5-12(6-8-13)20-16-14-9-15(11-3-4-11)22-17(14)19-10-18-16;10-8-6-3-7(5-1-2-5)13-9(6)12-4-11-8;1-10(2)8-5-3-7(9)4-6-8;7-4-1-3-5(8)9-2-10-6(3)11-4;5-4(6)3-1-2-3;2-1-4-3;;;/h9-13H,3-8H2,1-2H3,(H,18,19,20);3-5H,1-2H2;7-8H,3-6,9H2,1-2H3;1-2H;3,5-6H,1-2H2;1,3H;;;/q;;;;;;2*+1;-1/p-1. The van der Waals surface area contributed by atoms with Crippen molar-refractivity contribution < 1.29 is 85.5 Å². The summed E-state index contributed by atoms with van der Waals surface area (Å²) in [6.07, 6.45) is 22.0. The molecule has 0 saturated heterocycles. The molecular weight excluding hydrogens is 1050 g/mol. The summed E-state index contributed by atoms with van der Waals surface area (Å²) in [5, 5.41) is 32.9. The van der Waals surface area contributed by atoms with Gasteiger partial charge in [-0.25, -0.2) is 29.9 Å². The summed E-state index contributed by atoms with van der Waals surface area (Å²) < 4.78 is 1.02. The number of halogens is 3. The van der Waals surface area contributed by atoms with Gasteiger partial charge in [0.1, 0.15) is 49.6 Å². The van der Waals surface area contributed by atoms with Crippen LogP contribution in [-0.4, -0.2) is 116 Å². The number of hydrogen-bond acceptors (Lipinski definition) is 18. The quantitative estimate of drug-likeness (QED) is 0.0567. The zero-order valence-electron chi connectivity index (χ0n) is 40.7. The molecule has 15 nitrogen and oxygen atoms in total. The molecule has 6 aromatic rings. The van der Waals surface area contributed by atoms with E-state index in [1.165, 1.54) is 105 Å². The van der Waals surface area contributed by atoms with Crippen LogP contribution in [0.5, 0.6) is 0 Å². The molecule has 68 heavy (non-hydrogen) atoms. The van der Waals surface area contributed by atoms with Gasteiger partial charge >= 0.3 is 66.2 Å². The molecule has 6 aromatic heterocycles. The van der Waals surface area contributed by atoms with Gasteiger partial charge in [-0.15, -0.1) is 34.0 Å². The molecule has 0 atom stereocenters. The van der Waals surface area contributed by atoms with Crippen LogP contribution in [0.2, 0.25) is 16.1 Å². The number of carbonyl (C=O) groups excluding carboxylic acids is 1. The third-order valence-corrected chi connectivity index (χ3v) is 16.7. The molecule has 0 amide bonds. The first-order chi connectivity index (χ1) is 31.7. The van der Waals surface area contributed by atoms with Crippen molar-refractivity contribution in [2.45, 2.75) is 132 Å². The predicted molar refractivity (Wildman–Crippen MR) is 273 cm³/mol. The van der Waals surface area contributed by atoms with E-state index in [2.05, 4.69) is 106 Å². The smallest absolute Gasteiger partial charge is 1.00 e. The minimum atomic E-state index is -1.04. The Hall–Kier alpha value is -0.725. The van der Waals surface area contributed by atoms with Gasteiger partial charge in [0, 0.05) is 44.7 Å². The van der Waals surface area contributed by atoms with Gasteiger partial charge in [-0.05, 0) is 157 Å². The summed E-state index contributed by atoms with van der Waals surface area (Å²) in [4.78, 5) is 47.0. The Labute approximate surface area is 475 Å².